The summed E-state index contributed by atoms with van der Waals surface area (Å²) in [6.07, 6.45) is 6.65. The van der Waals surface area contributed by atoms with Gasteiger partial charge >= 0.3 is 0 Å². The largest absolute Gasteiger partial charge is 0.332 e. The highest BCUT2D eigenvalue weighted by molar-refractivity contribution is 6.70. The number of rotatable bonds is 4. The third kappa shape index (κ3) is 4.15. The lowest BCUT2D eigenvalue weighted by Gasteiger charge is -2.23. The lowest BCUT2D eigenvalue weighted by atomic mass is 9.57. The highest BCUT2D eigenvalue weighted by atomic mass is 16.1. The molecule has 0 aliphatic carbocycles. The van der Waals surface area contributed by atoms with Crippen LogP contribution >= 0.6 is 0 Å². The Balaban J connectivity index is 1.68. The van der Waals surface area contributed by atoms with E-state index in [1.54, 1.807) is 31.0 Å². The lowest BCUT2D eigenvalue weighted by molar-refractivity contribution is -0.112. The molecule has 0 fully saturated rings. The first kappa shape index (κ1) is 23.8. The topological polar surface area (TPSA) is 72.7 Å². The molecule has 146 valence electrons. The number of aryl methyl sites for hydroxylation is 1. The molecule has 4 rings (SSSR count). The average Bonchev–Trinajstić information content (AvgIpc) is 3.26. The number of pyridine rings is 2. The number of amides is 1. The number of nitrogens with one attached hydrogen (secondary N) is 1. The number of anilines is 1. The molecule has 3 aromatic heterocycles. The number of aromatic nitrogens is 4. The summed E-state index contributed by atoms with van der Waals surface area (Å²) >= 11 is 0. The van der Waals surface area contributed by atoms with Crippen LogP contribution in [0.3, 0.4) is 0 Å². The Labute approximate surface area is 206 Å². The molecule has 6 nitrogen and oxygen atoms in total. The predicted molar refractivity (Wildman–Crippen MR) is 142 cm³/mol. The number of carbonyl (C=O) groups excluding carboxylic acids is 1. The van der Waals surface area contributed by atoms with Crippen molar-refractivity contribution in [2.24, 2.45) is 7.05 Å². The molecule has 3 heterocycles. The van der Waals surface area contributed by atoms with E-state index < -0.39 is 5.91 Å². The van der Waals surface area contributed by atoms with Crippen molar-refractivity contribution in [1.82, 2.24) is 19.5 Å². The summed E-state index contributed by atoms with van der Waals surface area (Å²) in [7, 11) is 43.5. The van der Waals surface area contributed by atoms with Crippen LogP contribution in [0.1, 0.15) is 5.56 Å². The lowest BCUT2D eigenvalue weighted by Crippen LogP contribution is -2.56. The zero-order valence-corrected chi connectivity index (χ0v) is 18.2. The van der Waals surface area contributed by atoms with Gasteiger partial charge in [-0.2, -0.15) is 0 Å². The Hall–Kier alpha value is -3.35. The van der Waals surface area contributed by atoms with Crippen LogP contribution in [0.15, 0.2) is 42.5 Å². The number of benzene rings is 1. The van der Waals surface area contributed by atoms with Crippen molar-refractivity contribution in [3.05, 3.63) is 48.1 Å². The van der Waals surface area contributed by atoms with Gasteiger partial charge in [0.2, 0.25) is 5.91 Å². The molecule has 0 bridgehead atoms. The van der Waals surface area contributed by atoms with Gasteiger partial charge in [-0.1, -0.05) is 16.4 Å². The average molecular weight is 424 g/mol. The van der Waals surface area contributed by atoms with Gasteiger partial charge < -0.3 is 9.88 Å². The smallest absolute Gasteiger partial charge is 0.241 e. The summed E-state index contributed by atoms with van der Waals surface area (Å²) in [6, 6.07) is 3.54. The van der Waals surface area contributed by atoms with Crippen molar-refractivity contribution in [2.75, 3.05) is 5.32 Å². The van der Waals surface area contributed by atoms with E-state index in [0.717, 1.165) is 16.5 Å². The van der Waals surface area contributed by atoms with Gasteiger partial charge in [0.1, 0.15) is 60.7 Å². The van der Waals surface area contributed by atoms with Crippen LogP contribution < -0.4 is 32.6 Å². The first-order valence-corrected chi connectivity index (χ1v) is 9.90. The zero-order valence-electron chi connectivity index (χ0n) is 18.2. The van der Waals surface area contributed by atoms with E-state index in [9.17, 15) is 4.79 Å². The minimum Gasteiger partial charge on any atom is -0.332 e. The van der Waals surface area contributed by atoms with Crippen LogP contribution in [0.25, 0.3) is 27.6 Å². The molecule has 1 aromatic carbocycles. The second-order valence-corrected chi connectivity index (χ2v) is 7.60. The van der Waals surface area contributed by atoms with Gasteiger partial charge in [-0.05, 0) is 28.6 Å². The molecule has 1 amide bonds. The normalized spacial score (nSPS) is 11.9. The summed E-state index contributed by atoms with van der Waals surface area (Å²) in [5.74, 6) is -0.481. The summed E-state index contributed by atoms with van der Waals surface area (Å²) in [5.41, 5.74) is 0.978. The van der Waals surface area contributed by atoms with Crippen molar-refractivity contribution >= 4 is 110 Å². The summed E-state index contributed by atoms with van der Waals surface area (Å²) in [4.78, 5) is 25.6. The number of hydrogen-bond donors (Lipinski definition) is 1. The SMILES string of the molecule is [B]/C(C(=O)Nc1cc2cc(-c3cncn3C)ncc2cn1)=C(/[B])c1c([B])c([B])c([B])c([B])c1[B]. The van der Waals surface area contributed by atoms with Crippen LogP contribution in [-0.4, -0.2) is 80.4 Å². The number of imidazole rings is 1. The molecule has 0 atom stereocenters. The molecule has 34 heavy (non-hydrogen) atoms. The second kappa shape index (κ2) is 9.13. The first-order chi connectivity index (χ1) is 16.1. The van der Waals surface area contributed by atoms with Crippen LogP contribution in [0.5, 0.6) is 0 Å². The number of nitrogens with zero attached hydrogens (tertiary/aromatic N) is 4. The summed E-state index contributed by atoms with van der Waals surface area (Å²) in [5, 5.41) is 4.18. The monoisotopic (exact) mass is 425 g/mol. The van der Waals surface area contributed by atoms with E-state index in [0.29, 0.717) is 5.69 Å². The van der Waals surface area contributed by atoms with Crippen LogP contribution in [0.4, 0.5) is 5.82 Å². The maximum atomic E-state index is 12.8. The van der Waals surface area contributed by atoms with E-state index >= 15 is 0 Å². The summed E-state index contributed by atoms with van der Waals surface area (Å²) in [6.45, 7) is 0. The fraction of sp³-hybridized carbons (Fsp3) is 0.0476. The minimum absolute atomic E-state index is 0.00751. The maximum absolute atomic E-state index is 12.8. The third-order valence-corrected chi connectivity index (χ3v) is 5.43. The molecular formula is C21H10B7N5O. The first-order valence-electron chi connectivity index (χ1n) is 9.90. The Kier molecular flexibility index (Phi) is 6.39. The van der Waals surface area contributed by atoms with Crippen molar-refractivity contribution in [2.45, 2.75) is 0 Å². The Morgan fingerprint density at radius 1 is 0.853 bits per heavy atom. The van der Waals surface area contributed by atoms with Crippen molar-refractivity contribution in [3.8, 4) is 11.4 Å². The molecular weight excluding hydrogens is 414 g/mol. The quantitative estimate of drug-likeness (QED) is 0.275. The van der Waals surface area contributed by atoms with E-state index in [4.69, 9.17) is 54.9 Å². The van der Waals surface area contributed by atoms with E-state index in [1.165, 1.54) is 0 Å². The fourth-order valence-electron chi connectivity index (χ4n) is 3.43. The van der Waals surface area contributed by atoms with Gasteiger partial charge in [0.15, 0.2) is 0 Å². The van der Waals surface area contributed by atoms with E-state index in [1.807, 2.05) is 17.7 Å². The molecule has 13 heteroatoms. The molecule has 0 aliphatic heterocycles. The van der Waals surface area contributed by atoms with Crippen molar-refractivity contribution < 1.29 is 4.79 Å². The predicted octanol–water partition coefficient (Wildman–Crippen LogP) is -3.36. The highest BCUT2D eigenvalue weighted by Gasteiger charge is 2.16. The van der Waals surface area contributed by atoms with Gasteiger partial charge in [0.25, 0.3) is 0 Å². The van der Waals surface area contributed by atoms with Crippen LogP contribution in [-0.2, 0) is 11.8 Å². The van der Waals surface area contributed by atoms with Gasteiger partial charge in [0.05, 0.1) is 23.9 Å². The Morgan fingerprint density at radius 2 is 1.47 bits per heavy atom. The number of carbonyl (C=O) groups is 1. The van der Waals surface area contributed by atoms with Crippen LogP contribution in [0, 0.1) is 0 Å². The van der Waals surface area contributed by atoms with E-state index in [2.05, 4.69) is 20.3 Å². The summed E-state index contributed by atoms with van der Waals surface area (Å²) < 4.78 is 1.85. The van der Waals surface area contributed by atoms with Gasteiger partial charge in [-0.15, -0.1) is 16.4 Å². The van der Waals surface area contributed by atoms with Gasteiger partial charge in [0, 0.05) is 24.8 Å². The standard InChI is InChI=1S/C21H10B7N5O/c1-33-7-29-6-11(33)10-2-8-3-12(31-5-9(8)4-30-10)32-21(34)20(28)16(24)13-14(22)17(25)19(27)18(26)15(13)23/h2-7H,1H3,(H,31,32,34)/b20-16+. The molecule has 0 spiro atoms. The molecule has 0 saturated carbocycles. The molecule has 4 aromatic rings. The number of hydrogen-bond acceptors (Lipinski definition) is 4. The number of fused-ring (bicyclic) bond motifs is 1. The molecule has 0 aliphatic rings. The minimum atomic E-state index is -0.724. The Bertz CT molecular complexity index is 1470. The highest BCUT2D eigenvalue weighted by Crippen LogP contribution is 2.23. The zero-order chi connectivity index (χ0) is 24.7. The van der Waals surface area contributed by atoms with Crippen molar-refractivity contribution in [3.63, 3.8) is 0 Å². The third-order valence-electron chi connectivity index (χ3n) is 5.43. The van der Waals surface area contributed by atoms with Crippen LogP contribution in [0.2, 0.25) is 0 Å². The Morgan fingerprint density at radius 3 is 2.09 bits per heavy atom. The van der Waals surface area contributed by atoms with E-state index in [-0.39, 0.29) is 49.6 Å². The fourth-order valence-corrected chi connectivity index (χ4v) is 3.43. The molecule has 14 radical (unpaired) electrons. The maximum Gasteiger partial charge on any atom is 0.241 e. The second-order valence-electron chi connectivity index (χ2n) is 7.60. The van der Waals surface area contributed by atoms with Gasteiger partial charge in [-0.25, -0.2) is 9.97 Å². The molecule has 1 N–H and O–H groups in total. The molecule has 0 saturated heterocycles. The molecule has 0 unspecified atom stereocenters. The van der Waals surface area contributed by atoms with Gasteiger partial charge in [-0.3, -0.25) is 9.78 Å². The van der Waals surface area contributed by atoms with Crippen molar-refractivity contribution in [1.29, 1.82) is 0 Å².